The Morgan fingerprint density at radius 2 is 0.571 bits per heavy atom. The van der Waals surface area contributed by atoms with Crippen molar-refractivity contribution >= 4 is 23.9 Å². The van der Waals surface area contributed by atoms with Gasteiger partial charge in [-0.15, -0.1) is 0 Å². The quantitative estimate of drug-likeness (QED) is 0.238. The van der Waals surface area contributed by atoms with Gasteiger partial charge in [0.05, 0.1) is 88.3 Å². The summed E-state index contributed by atoms with van der Waals surface area (Å²) < 4.78 is 0. The van der Waals surface area contributed by atoms with Gasteiger partial charge in [0.25, 0.3) is 0 Å². The Bertz CT molecular complexity index is 520. The van der Waals surface area contributed by atoms with Gasteiger partial charge < -0.3 is 60.0 Å². The molecule has 16 nitrogen and oxygen atoms in total. The molecule has 0 aromatic carbocycles. The molecule has 0 aliphatic carbocycles. The van der Waals surface area contributed by atoms with E-state index in [1.807, 2.05) is 0 Å². The number of carbonyl (C=O) groups is 4. The van der Waals surface area contributed by atoms with Gasteiger partial charge in [-0.05, 0) is 27.7 Å². The first kappa shape index (κ1) is 38.0. The fourth-order valence-electron chi connectivity index (χ4n) is 2.23. The van der Waals surface area contributed by atoms with Gasteiger partial charge in [-0.3, -0.25) is 19.6 Å². The average molecular weight is 588 g/mol. The number of carboxylic acids is 4. The molecule has 0 spiro atoms. The van der Waals surface area contributed by atoms with Crippen molar-refractivity contribution in [3.05, 3.63) is 0 Å². The van der Waals surface area contributed by atoms with Gasteiger partial charge in [0, 0.05) is 0 Å². The molecule has 4 aliphatic rings. The molecule has 4 N–H and O–H groups in total. The summed E-state index contributed by atoms with van der Waals surface area (Å²) >= 11 is 0. The van der Waals surface area contributed by atoms with Crippen molar-refractivity contribution in [1.29, 1.82) is 0 Å². The van der Waals surface area contributed by atoms with Crippen LogP contribution in [0.5, 0.6) is 0 Å². The number of aliphatic carboxylic acids is 4. The molecule has 4 rings (SSSR count). The smallest absolute Gasteiger partial charge is 0.547 e. The van der Waals surface area contributed by atoms with Crippen LogP contribution >= 0.6 is 0 Å². The molecule has 0 aromatic heterocycles. The summed E-state index contributed by atoms with van der Waals surface area (Å²) in [7, 11) is 0. The molecule has 0 aromatic rings. The van der Waals surface area contributed by atoms with Crippen molar-refractivity contribution < 1.29 is 86.2 Å². The largest absolute Gasteiger partial charge is 4.00 e. The minimum Gasteiger partial charge on any atom is -0.547 e. The van der Waals surface area contributed by atoms with Crippen molar-refractivity contribution in [3.8, 4) is 0 Å². The molecule has 0 saturated carbocycles. The summed E-state index contributed by atoms with van der Waals surface area (Å²) in [6.07, 6.45) is -5.37. The zero-order valence-corrected chi connectivity index (χ0v) is 22.4. The van der Waals surface area contributed by atoms with Crippen LogP contribution in [0.2, 0.25) is 0 Å². The van der Waals surface area contributed by atoms with Gasteiger partial charge >= 0.3 is 26.2 Å². The third-order valence-corrected chi connectivity index (χ3v) is 3.76. The van der Waals surface area contributed by atoms with Crippen molar-refractivity contribution in [3.63, 3.8) is 0 Å². The number of hydrogen-bond donors (Lipinski definition) is 4. The van der Waals surface area contributed by atoms with Crippen LogP contribution in [0.25, 0.3) is 0 Å². The van der Waals surface area contributed by atoms with Gasteiger partial charge in [-0.25, -0.2) is 0 Å². The van der Waals surface area contributed by atoms with E-state index < -0.39 is 48.3 Å². The normalized spacial score (nSPS) is 25.8. The molecule has 4 saturated heterocycles. The van der Waals surface area contributed by atoms with Crippen LogP contribution in [0.1, 0.15) is 27.7 Å². The molecule has 4 heterocycles. The van der Waals surface area contributed by atoms with Crippen molar-refractivity contribution in [2.24, 2.45) is 0 Å². The van der Waals surface area contributed by atoms with Crippen LogP contribution in [0.3, 0.4) is 0 Å². The molecule has 4 fully saturated rings. The Labute approximate surface area is 221 Å². The zero-order valence-electron chi connectivity index (χ0n) is 19.9. The summed E-state index contributed by atoms with van der Waals surface area (Å²) in [5, 5.41) is 69.2. The molecule has 0 radical (unpaired) electrons. The van der Waals surface area contributed by atoms with Gasteiger partial charge in [0.15, 0.2) is 0 Å². The summed E-state index contributed by atoms with van der Waals surface area (Å²) in [6, 6.07) is 0. The van der Waals surface area contributed by atoms with Crippen LogP contribution in [0.4, 0.5) is 0 Å². The molecule has 35 heavy (non-hydrogen) atoms. The summed E-state index contributed by atoms with van der Waals surface area (Å²) in [4.78, 5) is 47.2. The van der Waals surface area contributed by atoms with E-state index >= 15 is 0 Å². The Morgan fingerprint density at radius 3 is 0.629 bits per heavy atom. The summed E-state index contributed by atoms with van der Waals surface area (Å²) in [6.45, 7) is 11.7. The van der Waals surface area contributed by atoms with Gasteiger partial charge in [-0.1, -0.05) is 0 Å². The maximum absolute atomic E-state index is 9.34. The Balaban J connectivity index is -0.000000374. The van der Waals surface area contributed by atoms with E-state index in [1.54, 1.807) is 0 Å². The summed E-state index contributed by atoms with van der Waals surface area (Å²) in [5.74, 6) is -5.74. The van der Waals surface area contributed by atoms with Gasteiger partial charge in [-0.2, -0.15) is 0 Å². The maximum atomic E-state index is 9.34. The molecule has 4 unspecified atom stereocenters. The van der Waals surface area contributed by atoms with E-state index in [1.165, 1.54) is 40.0 Å². The second kappa shape index (κ2) is 19.6. The fraction of sp³-hybridized carbons (Fsp3) is 0.778. The fourth-order valence-corrected chi connectivity index (χ4v) is 2.23. The van der Waals surface area contributed by atoms with E-state index in [0.717, 1.165) is 27.7 Å². The third-order valence-electron chi connectivity index (χ3n) is 3.76. The first-order chi connectivity index (χ1) is 15.5. The maximum Gasteiger partial charge on any atom is 4.00 e. The predicted octanol–water partition coefficient (Wildman–Crippen LogP) is -8.55. The number of aliphatic hydroxyl groups is 4. The number of aliphatic hydroxyl groups excluding tert-OH is 4. The van der Waals surface area contributed by atoms with Crippen molar-refractivity contribution in [2.75, 3.05) is 40.0 Å². The molecule has 4 atom stereocenters. The first-order valence-corrected chi connectivity index (χ1v) is 9.92. The van der Waals surface area contributed by atoms with Crippen molar-refractivity contribution in [1.82, 2.24) is 19.6 Å². The second-order valence-corrected chi connectivity index (χ2v) is 7.51. The topological polar surface area (TPSA) is 254 Å². The molecule has 200 valence electrons. The monoisotopic (exact) mass is 586 g/mol. The molecule has 4 aliphatic heterocycles. The standard InChI is InChI=1S/C6H12N4.4C3H6O3.Zr/c1-7-2-9-4-8(1)5-10(3-7)6-9;4*1-2(4)3(5)6;/h1-6H2;4*2,4H,1H3,(H,5,6);/q;;;;;+4/p-4. The second-order valence-electron chi connectivity index (χ2n) is 7.51. The van der Waals surface area contributed by atoms with Gasteiger partial charge in [0.1, 0.15) is 0 Å². The SMILES string of the molecule is C1N2CN3CN1CN(C2)C3.CC(O)C(=O)[O-].CC(O)C(=O)[O-].CC(O)C(=O)[O-].CC(O)C(=O)[O-].[Zr+4]. The number of carbonyl (C=O) groups excluding carboxylic acids is 4. The molecular weight excluding hydrogens is 555 g/mol. The third kappa shape index (κ3) is 20.3. The minimum atomic E-state index is -1.44. The molecule has 4 bridgehead atoms. The van der Waals surface area contributed by atoms with Crippen LogP contribution < -0.4 is 20.4 Å². The molecule has 0 amide bonds. The van der Waals surface area contributed by atoms with E-state index in [4.69, 9.17) is 20.4 Å². The number of carboxylic acid groups (broad SMARTS) is 4. The van der Waals surface area contributed by atoms with Crippen LogP contribution in [-0.4, -0.2) is 128 Å². The first-order valence-electron chi connectivity index (χ1n) is 9.92. The van der Waals surface area contributed by atoms with E-state index in [2.05, 4.69) is 19.6 Å². The Morgan fingerprint density at radius 1 is 0.486 bits per heavy atom. The predicted molar refractivity (Wildman–Crippen MR) is 103 cm³/mol. The molecular formula is C18H32N4O12Zr. The van der Waals surface area contributed by atoms with Crippen LogP contribution in [0, 0.1) is 0 Å². The van der Waals surface area contributed by atoms with Crippen LogP contribution in [0.15, 0.2) is 0 Å². The Kier molecular flexibility index (Phi) is 21.3. The van der Waals surface area contributed by atoms with Crippen LogP contribution in [-0.2, 0) is 45.4 Å². The number of nitrogens with zero attached hydrogens (tertiary/aromatic N) is 4. The van der Waals surface area contributed by atoms with Gasteiger partial charge in [0.2, 0.25) is 0 Å². The van der Waals surface area contributed by atoms with Crippen molar-refractivity contribution in [2.45, 2.75) is 52.1 Å². The van der Waals surface area contributed by atoms with E-state index in [0.29, 0.717) is 0 Å². The van der Waals surface area contributed by atoms with E-state index in [9.17, 15) is 39.6 Å². The Hall–Kier alpha value is -1.56. The number of rotatable bonds is 4. The average Bonchev–Trinajstić information content (AvgIpc) is 2.68. The zero-order chi connectivity index (χ0) is 27.2. The number of hydrogen-bond acceptors (Lipinski definition) is 16. The van der Waals surface area contributed by atoms with E-state index in [-0.39, 0.29) is 26.2 Å². The molecule has 17 heteroatoms. The summed E-state index contributed by atoms with van der Waals surface area (Å²) in [5.41, 5.74) is 0. The minimum absolute atomic E-state index is 0.